The molecule has 0 aliphatic carbocycles. The lowest BCUT2D eigenvalue weighted by molar-refractivity contribution is -0.118. The molecule has 0 aliphatic rings. The Labute approximate surface area is 90.7 Å². The lowest BCUT2D eigenvalue weighted by Gasteiger charge is -2.06. The van der Waals surface area contributed by atoms with Crippen molar-refractivity contribution in [3.05, 3.63) is 12.2 Å². The molecule has 4 nitrogen and oxygen atoms in total. The van der Waals surface area contributed by atoms with E-state index in [0.29, 0.717) is 19.6 Å². The number of nitrogens with one attached hydrogen (secondary N) is 1. The van der Waals surface area contributed by atoms with Crippen LogP contribution in [-0.4, -0.2) is 30.9 Å². The Balaban J connectivity index is 3.58. The van der Waals surface area contributed by atoms with Crippen LogP contribution in [0.25, 0.3) is 0 Å². The Morgan fingerprint density at radius 3 is 2.53 bits per heavy atom. The van der Waals surface area contributed by atoms with Crippen molar-refractivity contribution in [1.29, 1.82) is 0 Å². The van der Waals surface area contributed by atoms with Crippen LogP contribution in [0.1, 0.15) is 27.2 Å². The number of ether oxygens (including phenoxy) is 1. The first-order valence-corrected chi connectivity index (χ1v) is 5.16. The molecule has 4 heteroatoms. The molecule has 0 aromatic rings. The van der Waals surface area contributed by atoms with E-state index < -0.39 is 0 Å². The summed E-state index contributed by atoms with van der Waals surface area (Å²) in [6.07, 6.45) is 3.12. The topological polar surface area (TPSA) is 55.4 Å². The second kappa shape index (κ2) is 8.17. The van der Waals surface area contributed by atoms with Crippen LogP contribution in [-0.2, 0) is 14.3 Å². The second-order valence-electron chi connectivity index (χ2n) is 3.36. The highest BCUT2D eigenvalue weighted by Crippen LogP contribution is 1.86. The van der Waals surface area contributed by atoms with E-state index >= 15 is 0 Å². The average molecular weight is 213 g/mol. The summed E-state index contributed by atoms with van der Waals surface area (Å²) in [7, 11) is 0. The van der Waals surface area contributed by atoms with Gasteiger partial charge in [-0.15, -0.1) is 0 Å². The van der Waals surface area contributed by atoms with Gasteiger partial charge in [0.15, 0.2) is 5.78 Å². The number of amides is 1. The molecule has 0 aromatic heterocycles. The maximum Gasteiger partial charge on any atom is 0.244 e. The third-order valence-electron chi connectivity index (χ3n) is 1.62. The molecule has 0 radical (unpaired) electrons. The van der Waals surface area contributed by atoms with Gasteiger partial charge in [0.25, 0.3) is 0 Å². The summed E-state index contributed by atoms with van der Waals surface area (Å²) in [4.78, 5) is 21.9. The first kappa shape index (κ1) is 13.8. The van der Waals surface area contributed by atoms with E-state index in [2.05, 4.69) is 5.32 Å². The standard InChI is InChI=1S/C11H19NO3/c1-4-10(13)5-6-11(14)12-7-8-15-9(2)3/h5-6,9H,4,7-8H2,1-3H3,(H,12,14)/b6-5+. The maximum atomic E-state index is 11.1. The maximum absolute atomic E-state index is 11.1. The lowest BCUT2D eigenvalue weighted by atomic mass is 10.3. The van der Waals surface area contributed by atoms with E-state index in [1.807, 2.05) is 13.8 Å². The zero-order chi connectivity index (χ0) is 11.7. The van der Waals surface area contributed by atoms with Crippen LogP contribution < -0.4 is 5.32 Å². The molecule has 0 unspecified atom stereocenters. The third-order valence-corrected chi connectivity index (χ3v) is 1.62. The van der Waals surface area contributed by atoms with Crippen LogP contribution in [0.15, 0.2) is 12.2 Å². The van der Waals surface area contributed by atoms with Gasteiger partial charge in [0.05, 0.1) is 12.7 Å². The molecular weight excluding hydrogens is 194 g/mol. The minimum absolute atomic E-state index is 0.0522. The molecule has 0 bridgehead atoms. The van der Waals surface area contributed by atoms with Crippen molar-refractivity contribution in [1.82, 2.24) is 5.32 Å². The van der Waals surface area contributed by atoms with Crippen molar-refractivity contribution in [3.63, 3.8) is 0 Å². The highest BCUT2D eigenvalue weighted by Gasteiger charge is 1.97. The van der Waals surface area contributed by atoms with Crippen LogP contribution >= 0.6 is 0 Å². The van der Waals surface area contributed by atoms with Crippen LogP contribution in [0.5, 0.6) is 0 Å². The highest BCUT2D eigenvalue weighted by atomic mass is 16.5. The molecule has 0 saturated heterocycles. The number of hydrogen-bond acceptors (Lipinski definition) is 3. The minimum Gasteiger partial charge on any atom is -0.377 e. The SMILES string of the molecule is CCC(=O)/C=C/C(=O)NCCOC(C)C. The molecule has 0 atom stereocenters. The zero-order valence-electron chi connectivity index (χ0n) is 9.58. The summed E-state index contributed by atoms with van der Waals surface area (Å²) in [5.74, 6) is -0.312. The molecule has 86 valence electrons. The van der Waals surface area contributed by atoms with Gasteiger partial charge in [0, 0.05) is 19.0 Å². The first-order valence-electron chi connectivity index (χ1n) is 5.16. The summed E-state index contributed by atoms with van der Waals surface area (Å²) < 4.78 is 5.23. The molecule has 0 aromatic carbocycles. The van der Waals surface area contributed by atoms with Crippen molar-refractivity contribution >= 4 is 11.7 Å². The third kappa shape index (κ3) is 9.15. The zero-order valence-corrected chi connectivity index (χ0v) is 9.58. The molecule has 0 saturated carbocycles. The molecule has 0 heterocycles. The lowest BCUT2D eigenvalue weighted by Crippen LogP contribution is -2.26. The predicted molar refractivity (Wildman–Crippen MR) is 58.5 cm³/mol. The van der Waals surface area contributed by atoms with Gasteiger partial charge in [0.1, 0.15) is 0 Å². The molecule has 1 N–H and O–H groups in total. The number of allylic oxidation sites excluding steroid dienone is 1. The van der Waals surface area contributed by atoms with Crippen molar-refractivity contribution in [3.8, 4) is 0 Å². The predicted octanol–water partition coefficient (Wildman–Crippen LogP) is 1.06. The monoisotopic (exact) mass is 213 g/mol. The van der Waals surface area contributed by atoms with Gasteiger partial charge in [-0.1, -0.05) is 6.92 Å². The molecule has 0 aliphatic heterocycles. The van der Waals surface area contributed by atoms with Crippen LogP contribution in [0.2, 0.25) is 0 Å². The minimum atomic E-state index is -0.260. The summed E-state index contributed by atoms with van der Waals surface area (Å²) in [5, 5.41) is 2.61. The van der Waals surface area contributed by atoms with E-state index in [0.717, 1.165) is 0 Å². The molecule has 0 spiro atoms. The molecule has 15 heavy (non-hydrogen) atoms. The van der Waals surface area contributed by atoms with E-state index in [-0.39, 0.29) is 17.8 Å². The Hall–Kier alpha value is -1.16. The van der Waals surface area contributed by atoms with E-state index in [9.17, 15) is 9.59 Å². The largest absolute Gasteiger partial charge is 0.377 e. The van der Waals surface area contributed by atoms with E-state index in [1.165, 1.54) is 12.2 Å². The van der Waals surface area contributed by atoms with Gasteiger partial charge < -0.3 is 10.1 Å². The van der Waals surface area contributed by atoms with Gasteiger partial charge >= 0.3 is 0 Å². The summed E-state index contributed by atoms with van der Waals surface area (Å²) in [5.41, 5.74) is 0. The van der Waals surface area contributed by atoms with Crippen molar-refractivity contribution < 1.29 is 14.3 Å². The summed E-state index contributed by atoms with van der Waals surface area (Å²) >= 11 is 0. The summed E-state index contributed by atoms with van der Waals surface area (Å²) in [6, 6.07) is 0. The molecular formula is C11H19NO3. The fourth-order valence-corrected chi connectivity index (χ4v) is 0.814. The van der Waals surface area contributed by atoms with Crippen molar-refractivity contribution in [2.45, 2.75) is 33.3 Å². The van der Waals surface area contributed by atoms with Crippen LogP contribution in [0.3, 0.4) is 0 Å². The van der Waals surface area contributed by atoms with Gasteiger partial charge in [-0.2, -0.15) is 0 Å². The number of carbonyl (C=O) groups excluding carboxylic acids is 2. The number of hydrogen-bond donors (Lipinski definition) is 1. The number of ketones is 1. The highest BCUT2D eigenvalue weighted by molar-refractivity contribution is 5.97. The molecule has 0 rings (SSSR count). The number of rotatable bonds is 7. The van der Waals surface area contributed by atoms with Gasteiger partial charge in [-0.05, 0) is 19.9 Å². The Kier molecular flexibility index (Phi) is 7.54. The number of carbonyl (C=O) groups is 2. The summed E-state index contributed by atoms with van der Waals surface area (Å²) in [6.45, 7) is 6.56. The fraction of sp³-hybridized carbons (Fsp3) is 0.636. The van der Waals surface area contributed by atoms with Gasteiger partial charge in [-0.3, -0.25) is 9.59 Å². The van der Waals surface area contributed by atoms with Gasteiger partial charge in [-0.25, -0.2) is 0 Å². The van der Waals surface area contributed by atoms with Crippen LogP contribution in [0.4, 0.5) is 0 Å². The van der Waals surface area contributed by atoms with E-state index in [4.69, 9.17) is 4.74 Å². The Morgan fingerprint density at radius 2 is 2.00 bits per heavy atom. The van der Waals surface area contributed by atoms with Crippen LogP contribution in [0, 0.1) is 0 Å². The Bertz CT molecular complexity index is 234. The normalized spacial score (nSPS) is 10.9. The fourth-order valence-electron chi connectivity index (χ4n) is 0.814. The second-order valence-corrected chi connectivity index (χ2v) is 3.36. The van der Waals surface area contributed by atoms with E-state index in [1.54, 1.807) is 6.92 Å². The molecule has 0 fully saturated rings. The van der Waals surface area contributed by atoms with Crippen molar-refractivity contribution in [2.75, 3.05) is 13.2 Å². The Morgan fingerprint density at radius 1 is 1.33 bits per heavy atom. The smallest absolute Gasteiger partial charge is 0.244 e. The average Bonchev–Trinajstić information content (AvgIpc) is 2.20. The quantitative estimate of drug-likeness (QED) is 0.508. The van der Waals surface area contributed by atoms with Gasteiger partial charge in [0.2, 0.25) is 5.91 Å². The molecule has 1 amide bonds. The first-order chi connectivity index (χ1) is 7.06. The van der Waals surface area contributed by atoms with Crippen molar-refractivity contribution in [2.24, 2.45) is 0 Å².